The van der Waals surface area contributed by atoms with E-state index in [1.54, 1.807) is 6.92 Å². The molecule has 0 spiro atoms. The molecule has 0 atom stereocenters. The normalized spacial score (nSPS) is 10.2. The summed E-state index contributed by atoms with van der Waals surface area (Å²) in [5.74, 6) is -0.175. The highest BCUT2D eigenvalue weighted by molar-refractivity contribution is 7.17. The topological polar surface area (TPSA) is 101 Å². The van der Waals surface area contributed by atoms with E-state index in [0.29, 0.717) is 21.9 Å². The molecule has 9 heteroatoms. The van der Waals surface area contributed by atoms with Crippen molar-refractivity contribution >= 4 is 39.9 Å². The molecule has 2 heterocycles. The minimum atomic E-state index is -1.12. The van der Waals surface area contributed by atoms with E-state index in [1.807, 2.05) is 0 Å². The molecule has 0 aliphatic carbocycles. The zero-order valence-corrected chi connectivity index (χ0v) is 10.1. The van der Waals surface area contributed by atoms with Crippen molar-refractivity contribution in [3.63, 3.8) is 0 Å². The maximum Gasteiger partial charge on any atom is 0.367 e. The van der Waals surface area contributed by atoms with Crippen LogP contribution in [0, 0.1) is 6.92 Å². The largest absolute Gasteiger partial charge is 0.476 e. The first kappa shape index (κ1) is 11.7. The SMILES string of the molecule is Cc1nc(Cl)cc(Nc2nnc(C(=O)O)s2)n1. The van der Waals surface area contributed by atoms with Crippen LogP contribution in [0.1, 0.15) is 15.6 Å². The number of rotatable bonds is 3. The Morgan fingerprint density at radius 1 is 1.47 bits per heavy atom. The molecule has 0 aromatic carbocycles. The number of nitrogens with one attached hydrogen (secondary N) is 1. The lowest BCUT2D eigenvalue weighted by molar-refractivity contribution is 0.0695. The van der Waals surface area contributed by atoms with E-state index >= 15 is 0 Å². The van der Waals surface area contributed by atoms with Crippen molar-refractivity contribution < 1.29 is 9.90 Å². The van der Waals surface area contributed by atoms with Gasteiger partial charge in [0.25, 0.3) is 0 Å². The molecular formula is C8H6ClN5O2S. The molecule has 7 nitrogen and oxygen atoms in total. The number of aromatic carboxylic acids is 1. The zero-order valence-electron chi connectivity index (χ0n) is 8.51. The molecule has 0 saturated heterocycles. The van der Waals surface area contributed by atoms with Crippen LogP contribution < -0.4 is 5.32 Å². The Kier molecular flexibility index (Phi) is 3.16. The first-order valence-corrected chi connectivity index (χ1v) is 5.59. The molecule has 2 rings (SSSR count). The number of halogens is 1. The molecule has 0 bridgehead atoms. The van der Waals surface area contributed by atoms with Crippen LogP contribution in [0.25, 0.3) is 0 Å². The number of anilines is 2. The summed E-state index contributed by atoms with van der Waals surface area (Å²) in [4.78, 5) is 18.6. The molecule has 0 aliphatic heterocycles. The van der Waals surface area contributed by atoms with Crippen molar-refractivity contribution in [3.8, 4) is 0 Å². The van der Waals surface area contributed by atoms with Gasteiger partial charge >= 0.3 is 5.97 Å². The highest BCUT2D eigenvalue weighted by Gasteiger charge is 2.11. The Labute approximate surface area is 105 Å². The van der Waals surface area contributed by atoms with Gasteiger partial charge in [0.05, 0.1) is 0 Å². The summed E-state index contributed by atoms with van der Waals surface area (Å²) in [6.07, 6.45) is 0. The zero-order chi connectivity index (χ0) is 12.4. The maximum absolute atomic E-state index is 10.6. The third-order valence-electron chi connectivity index (χ3n) is 1.65. The van der Waals surface area contributed by atoms with E-state index in [2.05, 4.69) is 25.5 Å². The summed E-state index contributed by atoms with van der Waals surface area (Å²) in [6, 6.07) is 1.51. The van der Waals surface area contributed by atoms with Crippen LogP contribution in [0.3, 0.4) is 0 Å². The Morgan fingerprint density at radius 3 is 2.82 bits per heavy atom. The lowest BCUT2D eigenvalue weighted by Crippen LogP contribution is -1.96. The first-order valence-electron chi connectivity index (χ1n) is 4.39. The Hall–Kier alpha value is -1.80. The van der Waals surface area contributed by atoms with Crippen LogP contribution in [0.4, 0.5) is 10.9 Å². The molecule has 88 valence electrons. The molecule has 2 N–H and O–H groups in total. The van der Waals surface area contributed by atoms with Crippen molar-refractivity contribution in [2.45, 2.75) is 6.92 Å². The van der Waals surface area contributed by atoms with Crippen LogP contribution in [0.5, 0.6) is 0 Å². The van der Waals surface area contributed by atoms with Gasteiger partial charge in [0.15, 0.2) is 0 Å². The van der Waals surface area contributed by atoms with E-state index in [1.165, 1.54) is 6.07 Å². The Bertz CT molecular complexity index is 553. The van der Waals surface area contributed by atoms with E-state index in [9.17, 15) is 4.79 Å². The van der Waals surface area contributed by atoms with Gasteiger partial charge in [-0.25, -0.2) is 14.8 Å². The highest BCUT2D eigenvalue weighted by Crippen LogP contribution is 2.20. The van der Waals surface area contributed by atoms with E-state index < -0.39 is 5.97 Å². The summed E-state index contributed by atoms with van der Waals surface area (Å²) in [6.45, 7) is 1.69. The van der Waals surface area contributed by atoms with Gasteiger partial charge in [0.1, 0.15) is 16.8 Å². The lowest BCUT2D eigenvalue weighted by Gasteiger charge is -2.01. The molecule has 0 amide bonds. The third kappa shape index (κ3) is 2.86. The van der Waals surface area contributed by atoms with Gasteiger partial charge in [0.2, 0.25) is 10.1 Å². The van der Waals surface area contributed by atoms with Gasteiger partial charge in [-0.2, -0.15) is 0 Å². The predicted octanol–water partition coefficient (Wildman–Crippen LogP) is 1.73. The molecule has 2 aromatic rings. The monoisotopic (exact) mass is 271 g/mol. The minimum absolute atomic E-state index is 0.0932. The average Bonchev–Trinajstić information content (AvgIpc) is 2.64. The van der Waals surface area contributed by atoms with Crippen LogP contribution in [-0.2, 0) is 0 Å². The summed E-state index contributed by atoms with van der Waals surface area (Å²) in [7, 11) is 0. The van der Waals surface area contributed by atoms with E-state index in [0.717, 1.165) is 11.3 Å². The second kappa shape index (κ2) is 4.60. The Morgan fingerprint density at radius 2 is 2.24 bits per heavy atom. The quantitative estimate of drug-likeness (QED) is 0.820. The van der Waals surface area contributed by atoms with Gasteiger partial charge in [-0.3, -0.25) is 0 Å². The van der Waals surface area contributed by atoms with Crippen LogP contribution in [-0.4, -0.2) is 31.2 Å². The average molecular weight is 272 g/mol. The van der Waals surface area contributed by atoms with Gasteiger partial charge in [-0.05, 0) is 6.92 Å². The number of hydrogen-bond acceptors (Lipinski definition) is 7. The number of aryl methyl sites for hydroxylation is 1. The van der Waals surface area contributed by atoms with Crippen molar-refractivity contribution in [1.29, 1.82) is 0 Å². The van der Waals surface area contributed by atoms with Gasteiger partial charge in [-0.1, -0.05) is 22.9 Å². The fraction of sp³-hybridized carbons (Fsp3) is 0.125. The van der Waals surface area contributed by atoms with Gasteiger partial charge in [-0.15, -0.1) is 10.2 Å². The smallest absolute Gasteiger partial charge is 0.367 e. The minimum Gasteiger partial charge on any atom is -0.476 e. The van der Waals surface area contributed by atoms with Crippen molar-refractivity contribution in [2.24, 2.45) is 0 Å². The van der Waals surface area contributed by atoms with Gasteiger partial charge < -0.3 is 10.4 Å². The van der Waals surface area contributed by atoms with Crippen LogP contribution in [0.2, 0.25) is 5.15 Å². The summed E-state index contributed by atoms with van der Waals surface area (Å²) < 4.78 is 0. The fourth-order valence-electron chi connectivity index (χ4n) is 1.07. The fourth-order valence-corrected chi connectivity index (χ4v) is 1.88. The molecular weight excluding hydrogens is 266 g/mol. The standard InChI is InChI=1S/C8H6ClN5O2S/c1-3-10-4(9)2-5(11-3)12-8-14-13-6(17-8)7(15)16/h2H,1H3,(H,15,16)(H,10,11,12,14). The van der Waals surface area contributed by atoms with E-state index in [4.69, 9.17) is 16.7 Å². The molecule has 0 unspecified atom stereocenters. The highest BCUT2D eigenvalue weighted by atomic mass is 35.5. The van der Waals surface area contributed by atoms with Crippen molar-refractivity contribution in [3.05, 3.63) is 22.1 Å². The summed E-state index contributed by atoms with van der Waals surface area (Å²) >= 11 is 6.67. The molecule has 0 aliphatic rings. The second-order valence-electron chi connectivity index (χ2n) is 2.97. The summed E-state index contributed by atoms with van der Waals surface area (Å²) in [5, 5.41) is 19.2. The van der Waals surface area contributed by atoms with Crippen LogP contribution >= 0.6 is 22.9 Å². The van der Waals surface area contributed by atoms with E-state index in [-0.39, 0.29) is 5.01 Å². The molecule has 17 heavy (non-hydrogen) atoms. The van der Waals surface area contributed by atoms with Crippen molar-refractivity contribution in [2.75, 3.05) is 5.32 Å². The lowest BCUT2D eigenvalue weighted by atomic mass is 10.5. The maximum atomic E-state index is 10.6. The molecule has 0 saturated carbocycles. The number of nitrogens with zero attached hydrogens (tertiary/aromatic N) is 4. The predicted molar refractivity (Wildman–Crippen MR) is 61.9 cm³/mol. The Balaban J connectivity index is 2.22. The number of carboxylic acids is 1. The number of hydrogen-bond donors (Lipinski definition) is 2. The second-order valence-corrected chi connectivity index (χ2v) is 4.33. The molecule has 0 radical (unpaired) electrons. The third-order valence-corrected chi connectivity index (χ3v) is 2.67. The number of carboxylic acid groups (broad SMARTS) is 1. The summed E-state index contributed by atoms with van der Waals surface area (Å²) in [5.41, 5.74) is 0. The number of carbonyl (C=O) groups is 1. The van der Waals surface area contributed by atoms with Crippen LogP contribution in [0.15, 0.2) is 6.07 Å². The molecule has 2 aromatic heterocycles. The first-order chi connectivity index (χ1) is 8.04. The van der Waals surface area contributed by atoms with Gasteiger partial charge in [0, 0.05) is 6.07 Å². The molecule has 0 fully saturated rings. The number of aromatic nitrogens is 4. The van der Waals surface area contributed by atoms with Crippen molar-refractivity contribution in [1.82, 2.24) is 20.2 Å².